The number of fused-ring (bicyclic) bond motifs is 1. The number of unbranched alkanes of at least 4 members (excludes halogenated alkanes) is 2. The van der Waals surface area contributed by atoms with Crippen molar-refractivity contribution >= 4 is 45.7 Å². The molecule has 1 atom stereocenters. The SMILES string of the molecule is CCN(CC)c1ccc2cc(C(=O)NCCCCCC(=O)c3cc(C(=O)CCc4cn(CC[18F])nn4)cc(-n4cc(CCC5CCC(=O)CC5=O)nn4)c3)c(=O)oc2c1. The van der Waals surface area contributed by atoms with Crippen LogP contribution >= 0.6 is 0 Å². The van der Waals surface area contributed by atoms with Gasteiger partial charge >= 0.3 is 5.63 Å². The Labute approximate surface area is 340 Å². The van der Waals surface area contributed by atoms with Crippen molar-refractivity contribution in [3.63, 3.8) is 0 Å². The van der Waals surface area contributed by atoms with E-state index < -0.39 is 18.2 Å². The van der Waals surface area contributed by atoms with Crippen LogP contribution in [0.4, 0.5) is 10.1 Å². The number of ketones is 4. The minimum atomic E-state index is -0.712. The Morgan fingerprint density at radius 3 is 2.37 bits per heavy atom. The molecule has 1 N–H and O–H groups in total. The van der Waals surface area contributed by atoms with Crippen LogP contribution in [0.25, 0.3) is 16.7 Å². The summed E-state index contributed by atoms with van der Waals surface area (Å²) in [5, 5.41) is 19.8. The van der Waals surface area contributed by atoms with E-state index in [0.29, 0.717) is 90.7 Å². The first-order valence-corrected chi connectivity index (χ1v) is 20.3. The number of benzene rings is 2. The lowest BCUT2D eigenvalue weighted by Gasteiger charge is -2.21. The fraction of sp³-hybridized carbons (Fsp3) is 0.442. The van der Waals surface area contributed by atoms with E-state index in [0.717, 1.165) is 18.8 Å². The smallest absolute Gasteiger partial charge is 0.349 e. The number of alkyl halides is 1. The normalized spacial score (nSPS) is 14.2. The maximum atomic E-state index is 13.6. The Bertz CT molecular complexity index is 2380. The van der Waals surface area contributed by atoms with E-state index in [-0.39, 0.29) is 66.8 Å². The van der Waals surface area contributed by atoms with E-state index in [4.69, 9.17) is 4.42 Å². The van der Waals surface area contributed by atoms with E-state index in [9.17, 15) is 33.2 Å². The minimum Gasteiger partial charge on any atom is -0.422 e. The lowest BCUT2D eigenvalue weighted by molar-refractivity contribution is -0.132. The average molecular weight is 808 g/mol. The van der Waals surface area contributed by atoms with Gasteiger partial charge in [0.25, 0.3) is 5.91 Å². The van der Waals surface area contributed by atoms with Crippen molar-refractivity contribution in [1.82, 2.24) is 35.3 Å². The lowest BCUT2D eigenvalue weighted by Crippen LogP contribution is -2.29. The molecule has 0 saturated heterocycles. The molecule has 0 spiro atoms. The molecule has 0 radical (unpaired) electrons. The molecule has 1 aliphatic carbocycles. The highest BCUT2D eigenvalue weighted by atomic mass is 18.2. The molecular formula is C43H49FN8O7. The fourth-order valence-electron chi connectivity index (χ4n) is 7.26. The maximum Gasteiger partial charge on any atom is 0.349 e. The van der Waals surface area contributed by atoms with Gasteiger partial charge in [-0.1, -0.05) is 16.8 Å². The third-order valence-electron chi connectivity index (χ3n) is 10.7. The number of Topliss-reactive ketones (excluding diaryl/α,β-unsaturated/α-hetero) is 4. The van der Waals surface area contributed by atoms with Crippen LogP contribution < -0.4 is 15.8 Å². The van der Waals surface area contributed by atoms with Gasteiger partial charge in [0.15, 0.2) is 11.6 Å². The van der Waals surface area contributed by atoms with Gasteiger partial charge < -0.3 is 14.6 Å². The molecule has 1 fully saturated rings. The van der Waals surface area contributed by atoms with Gasteiger partial charge in [-0.05, 0) is 82.3 Å². The predicted octanol–water partition coefficient (Wildman–Crippen LogP) is 5.64. The van der Waals surface area contributed by atoms with Gasteiger partial charge in [-0.2, -0.15) is 0 Å². The van der Waals surface area contributed by atoms with E-state index in [1.54, 1.807) is 36.7 Å². The summed E-state index contributed by atoms with van der Waals surface area (Å²) in [6, 6.07) is 12.0. The summed E-state index contributed by atoms with van der Waals surface area (Å²) in [6.07, 6.45) is 7.48. The van der Waals surface area contributed by atoms with Crippen LogP contribution in [0, 0.1) is 5.92 Å². The van der Waals surface area contributed by atoms with Crippen molar-refractivity contribution in [3.05, 3.63) is 93.4 Å². The molecule has 1 amide bonds. The maximum absolute atomic E-state index is 13.6. The molecule has 1 unspecified atom stereocenters. The molecule has 16 heteroatoms. The van der Waals surface area contributed by atoms with Gasteiger partial charge in [0.1, 0.15) is 29.4 Å². The summed E-state index contributed by atoms with van der Waals surface area (Å²) in [5.74, 6) is -1.20. The first-order chi connectivity index (χ1) is 28.5. The van der Waals surface area contributed by atoms with Gasteiger partial charge in [-0.15, -0.1) is 10.2 Å². The zero-order valence-electron chi connectivity index (χ0n) is 33.5. The second-order valence-corrected chi connectivity index (χ2v) is 14.8. The topological polar surface area (TPSA) is 192 Å². The van der Waals surface area contributed by atoms with Crippen molar-refractivity contribution in [2.75, 3.05) is 31.2 Å². The van der Waals surface area contributed by atoms with Gasteiger partial charge in [0, 0.05) is 85.7 Å². The molecule has 15 nitrogen and oxygen atoms in total. The van der Waals surface area contributed by atoms with Crippen LogP contribution in [0.3, 0.4) is 0 Å². The van der Waals surface area contributed by atoms with E-state index in [1.165, 1.54) is 15.4 Å². The van der Waals surface area contributed by atoms with Gasteiger partial charge in [0.2, 0.25) is 0 Å². The fourth-order valence-corrected chi connectivity index (χ4v) is 7.26. The van der Waals surface area contributed by atoms with Crippen LogP contribution in [0.15, 0.2) is 64.1 Å². The Hall–Kier alpha value is -6.19. The number of hydrogen-bond donors (Lipinski definition) is 1. The van der Waals surface area contributed by atoms with Crippen molar-refractivity contribution < 1.29 is 32.8 Å². The van der Waals surface area contributed by atoms with Crippen LogP contribution in [-0.2, 0) is 29.0 Å². The Kier molecular flexibility index (Phi) is 14.4. The standard InChI is InChI=1S/C43H49FN8O7/c1-3-50(4-2)34-14-10-29-23-37(43(58)59-41(29)24-34)42(57)45-18-7-5-6-8-38(54)30-20-31(39(55)16-13-32-26-51(19-17-44)48-46-32)22-35(21-30)52-27-33(47-49-52)12-9-28-11-15-36(53)25-40(28)56/h10,14,20-24,26-28H,3-9,11-13,15-19,25H2,1-2H3,(H,45,57)/i44-1. The van der Waals surface area contributed by atoms with Crippen LogP contribution in [-0.4, -0.2) is 85.3 Å². The Morgan fingerprint density at radius 1 is 0.881 bits per heavy atom. The van der Waals surface area contributed by atoms with Crippen molar-refractivity contribution in [2.24, 2.45) is 5.92 Å². The van der Waals surface area contributed by atoms with Gasteiger partial charge in [-0.3, -0.25) is 24.0 Å². The third-order valence-corrected chi connectivity index (χ3v) is 10.7. The molecule has 0 aliphatic heterocycles. The number of halogens is 1. The highest BCUT2D eigenvalue weighted by Gasteiger charge is 2.27. The number of aromatic nitrogens is 6. The first-order valence-electron chi connectivity index (χ1n) is 20.3. The summed E-state index contributed by atoms with van der Waals surface area (Å²) in [5.41, 5.74) is 2.84. The Morgan fingerprint density at radius 2 is 1.63 bits per heavy atom. The molecule has 3 heterocycles. The summed E-state index contributed by atoms with van der Waals surface area (Å²) in [7, 11) is 0. The van der Waals surface area contributed by atoms with E-state index in [2.05, 4.69) is 30.8 Å². The zero-order valence-corrected chi connectivity index (χ0v) is 33.5. The second-order valence-electron chi connectivity index (χ2n) is 14.8. The van der Waals surface area contributed by atoms with E-state index >= 15 is 0 Å². The molecule has 0 bridgehead atoms. The molecule has 6 rings (SSSR count). The molecule has 59 heavy (non-hydrogen) atoms. The van der Waals surface area contributed by atoms with Crippen molar-refractivity contribution in [2.45, 2.75) is 91.0 Å². The highest BCUT2D eigenvalue weighted by molar-refractivity contribution is 6.03. The van der Waals surface area contributed by atoms with Crippen LogP contribution in [0.2, 0.25) is 0 Å². The molecule has 3 aromatic heterocycles. The average Bonchev–Trinajstić information content (AvgIpc) is 3.91. The summed E-state index contributed by atoms with van der Waals surface area (Å²) >= 11 is 0. The minimum absolute atomic E-state index is 0.0215. The first kappa shape index (κ1) is 42.4. The Balaban J connectivity index is 1.06. The number of nitrogens with one attached hydrogen (secondary N) is 1. The summed E-state index contributed by atoms with van der Waals surface area (Å²) in [4.78, 5) is 78.8. The summed E-state index contributed by atoms with van der Waals surface area (Å²) < 4.78 is 21.1. The molecule has 310 valence electrons. The zero-order chi connectivity index (χ0) is 41.9. The molecule has 1 aliphatic rings. The summed E-state index contributed by atoms with van der Waals surface area (Å²) in [6.45, 7) is 5.48. The number of amides is 1. The third kappa shape index (κ3) is 11.1. The van der Waals surface area contributed by atoms with Crippen molar-refractivity contribution in [3.8, 4) is 5.69 Å². The van der Waals surface area contributed by atoms with Crippen LogP contribution in [0.1, 0.15) is 114 Å². The van der Waals surface area contributed by atoms with Gasteiger partial charge in [-0.25, -0.2) is 18.5 Å². The quantitative estimate of drug-likeness (QED) is 0.0416. The number of hydrogen-bond acceptors (Lipinski definition) is 12. The number of anilines is 1. The molecular weight excluding hydrogens is 759 g/mol. The number of carbonyl (C=O) groups excluding carboxylic acids is 5. The van der Waals surface area contributed by atoms with E-state index in [1.807, 2.05) is 26.0 Å². The predicted molar refractivity (Wildman–Crippen MR) is 217 cm³/mol. The van der Waals surface area contributed by atoms with Crippen LogP contribution in [0.5, 0.6) is 0 Å². The highest BCUT2D eigenvalue weighted by Crippen LogP contribution is 2.25. The second kappa shape index (κ2) is 20.0. The van der Waals surface area contributed by atoms with Gasteiger partial charge in [0.05, 0.1) is 36.2 Å². The molecule has 1 saturated carbocycles. The monoisotopic (exact) mass is 807 g/mol. The van der Waals surface area contributed by atoms with Crippen molar-refractivity contribution in [1.29, 1.82) is 0 Å². The lowest BCUT2D eigenvalue weighted by atomic mass is 9.84. The number of carbonyl (C=O) groups is 5. The molecule has 2 aromatic carbocycles. The largest absolute Gasteiger partial charge is 0.422 e. The molecule has 5 aromatic rings. The number of nitrogens with zero attached hydrogens (tertiary/aromatic N) is 7. The number of rotatable bonds is 21. The number of aryl methyl sites for hydroxylation is 3.